The highest BCUT2D eigenvalue weighted by Crippen LogP contribution is 2.25. The van der Waals surface area contributed by atoms with E-state index in [0.717, 1.165) is 4.47 Å². The number of para-hydroxylation sites is 1. The first-order chi connectivity index (χ1) is 14.1. The van der Waals surface area contributed by atoms with Crippen molar-refractivity contribution in [3.05, 3.63) is 83.0 Å². The fourth-order valence-electron chi connectivity index (χ4n) is 2.83. The van der Waals surface area contributed by atoms with E-state index in [4.69, 9.17) is 9.15 Å². The minimum atomic E-state index is -0.609. The maximum absolute atomic E-state index is 12.7. The average molecular weight is 451 g/mol. The van der Waals surface area contributed by atoms with E-state index in [0.29, 0.717) is 33.6 Å². The number of ether oxygens (including phenoxy) is 1. The normalized spacial score (nSPS) is 10.7. The lowest BCUT2D eigenvalue weighted by atomic mass is 10.1. The van der Waals surface area contributed by atoms with Crippen LogP contribution in [0.3, 0.4) is 0 Å². The summed E-state index contributed by atoms with van der Waals surface area (Å²) in [7, 11) is 0. The summed E-state index contributed by atoms with van der Waals surface area (Å²) in [4.78, 5) is 29.4. The molecule has 0 spiro atoms. The van der Waals surface area contributed by atoms with Crippen molar-refractivity contribution in [1.82, 2.24) is 4.98 Å². The Hall–Kier alpha value is -3.45. The number of pyridine rings is 1. The number of hydrogen-bond acceptors (Lipinski definition) is 5. The molecular formula is C22H15BrN2O4. The van der Waals surface area contributed by atoms with E-state index in [1.54, 1.807) is 54.6 Å². The summed E-state index contributed by atoms with van der Waals surface area (Å²) in [6.45, 7) is -0.401. The number of fused-ring (bicyclic) bond motifs is 1. The van der Waals surface area contributed by atoms with Crippen LogP contribution in [-0.2, 0) is 9.53 Å². The number of halogens is 1. The number of esters is 1. The number of carbonyl (C=O) groups excluding carboxylic acids is 2. The number of rotatable bonds is 5. The lowest BCUT2D eigenvalue weighted by Crippen LogP contribution is -2.21. The van der Waals surface area contributed by atoms with Crippen LogP contribution >= 0.6 is 15.9 Å². The van der Waals surface area contributed by atoms with Gasteiger partial charge >= 0.3 is 5.97 Å². The second-order valence-corrected chi connectivity index (χ2v) is 7.10. The average Bonchev–Trinajstić information content (AvgIpc) is 3.28. The molecule has 0 unspecified atom stereocenters. The van der Waals surface area contributed by atoms with Crippen LogP contribution in [0.2, 0.25) is 0 Å². The molecule has 0 atom stereocenters. The van der Waals surface area contributed by atoms with Crippen molar-refractivity contribution in [3.8, 4) is 11.5 Å². The molecule has 2 aromatic carbocycles. The molecule has 1 amide bonds. The van der Waals surface area contributed by atoms with Crippen molar-refractivity contribution in [2.45, 2.75) is 0 Å². The summed E-state index contributed by atoms with van der Waals surface area (Å²) >= 11 is 3.33. The smallest absolute Gasteiger partial charge is 0.339 e. The van der Waals surface area contributed by atoms with E-state index in [1.807, 2.05) is 12.1 Å². The Morgan fingerprint density at radius 2 is 1.83 bits per heavy atom. The SMILES string of the molecule is O=C(COC(=O)c1cc(-c2ccco2)nc2ccccc12)Nc1ccc(Br)cc1. The fourth-order valence-corrected chi connectivity index (χ4v) is 3.10. The molecule has 2 heterocycles. The molecule has 6 nitrogen and oxygen atoms in total. The first kappa shape index (κ1) is 18.9. The summed E-state index contributed by atoms with van der Waals surface area (Å²) < 4.78 is 11.5. The fraction of sp³-hybridized carbons (Fsp3) is 0.0455. The number of carbonyl (C=O) groups is 2. The van der Waals surface area contributed by atoms with Gasteiger partial charge in [-0.05, 0) is 48.5 Å². The van der Waals surface area contributed by atoms with Gasteiger partial charge in [-0.1, -0.05) is 34.1 Å². The maximum atomic E-state index is 12.7. The Bertz CT molecular complexity index is 1170. The summed E-state index contributed by atoms with van der Waals surface area (Å²) in [6, 6.07) is 19.5. The van der Waals surface area contributed by atoms with Gasteiger partial charge in [0, 0.05) is 15.5 Å². The standard InChI is InChI=1S/C22H15BrN2O4/c23-14-7-9-15(10-8-14)24-21(26)13-29-22(27)17-12-19(20-6-3-11-28-20)25-18-5-2-1-4-16(17)18/h1-12H,13H2,(H,24,26). The van der Waals surface area contributed by atoms with Crippen LogP contribution in [0.15, 0.2) is 81.9 Å². The van der Waals surface area contributed by atoms with Gasteiger partial charge in [0.1, 0.15) is 5.69 Å². The molecule has 144 valence electrons. The third-order valence-electron chi connectivity index (χ3n) is 4.17. The van der Waals surface area contributed by atoms with Crippen LogP contribution in [0.25, 0.3) is 22.4 Å². The lowest BCUT2D eigenvalue weighted by Gasteiger charge is -2.10. The summed E-state index contributed by atoms with van der Waals surface area (Å²) in [5, 5.41) is 3.32. The monoisotopic (exact) mass is 450 g/mol. The van der Waals surface area contributed by atoms with Crippen LogP contribution in [0.5, 0.6) is 0 Å². The summed E-state index contributed by atoms with van der Waals surface area (Å²) in [5.41, 5.74) is 2.08. The summed E-state index contributed by atoms with van der Waals surface area (Å²) in [5.74, 6) is -0.495. The molecule has 2 aromatic heterocycles. The molecule has 4 rings (SSSR count). The Kier molecular flexibility index (Phi) is 5.39. The molecule has 1 N–H and O–H groups in total. The molecule has 0 aliphatic heterocycles. The first-order valence-electron chi connectivity index (χ1n) is 8.76. The van der Waals surface area contributed by atoms with Gasteiger partial charge in [-0.3, -0.25) is 4.79 Å². The number of nitrogens with zero attached hydrogens (tertiary/aromatic N) is 1. The minimum absolute atomic E-state index is 0.318. The second kappa shape index (κ2) is 8.28. The molecule has 4 aromatic rings. The van der Waals surface area contributed by atoms with Gasteiger partial charge < -0.3 is 14.5 Å². The molecular weight excluding hydrogens is 436 g/mol. The van der Waals surface area contributed by atoms with Crippen LogP contribution in [0.1, 0.15) is 10.4 Å². The van der Waals surface area contributed by atoms with Gasteiger partial charge in [0.25, 0.3) is 5.91 Å². The summed E-state index contributed by atoms with van der Waals surface area (Å²) in [6.07, 6.45) is 1.54. The van der Waals surface area contributed by atoms with Crippen molar-refractivity contribution in [1.29, 1.82) is 0 Å². The molecule has 0 saturated carbocycles. The third-order valence-corrected chi connectivity index (χ3v) is 4.70. The highest BCUT2D eigenvalue weighted by molar-refractivity contribution is 9.10. The number of amides is 1. The lowest BCUT2D eigenvalue weighted by molar-refractivity contribution is -0.119. The second-order valence-electron chi connectivity index (χ2n) is 6.18. The molecule has 29 heavy (non-hydrogen) atoms. The first-order valence-corrected chi connectivity index (χ1v) is 9.56. The topological polar surface area (TPSA) is 81.4 Å². The zero-order valence-electron chi connectivity index (χ0n) is 15.1. The van der Waals surface area contributed by atoms with Gasteiger partial charge in [-0.15, -0.1) is 0 Å². The zero-order chi connectivity index (χ0) is 20.2. The van der Waals surface area contributed by atoms with E-state index in [2.05, 4.69) is 26.2 Å². The zero-order valence-corrected chi connectivity index (χ0v) is 16.7. The van der Waals surface area contributed by atoms with Crippen molar-refractivity contribution >= 4 is 44.4 Å². The largest absolute Gasteiger partial charge is 0.463 e. The molecule has 0 aliphatic carbocycles. The molecule has 0 saturated heterocycles. The highest BCUT2D eigenvalue weighted by atomic mass is 79.9. The predicted octanol–water partition coefficient (Wildman–Crippen LogP) is 5.05. The highest BCUT2D eigenvalue weighted by Gasteiger charge is 2.17. The number of hydrogen-bond donors (Lipinski definition) is 1. The van der Waals surface area contributed by atoms with Crippen molar-refractivity contribution < 1.29 is 18.7 Å². The molecule has 0 aliphatic rings. The Morgan fingerprint density at radius 1 is 1.03 bits per heavy atom. The van der Waals surface area contributed by atoms with Gasteiger partial charge in [-0.2, -0.15) is 0 Å². The van der Waals surface area contributed by atoms with E-state index in [9.17, 15) is 9.59 Å². The van der Waals surface area contributed by atoms with E-state index >= 15 is 0 Å². The number of anilines is 1. The van der Waals surface area contributed by atoms with Crippen LogP contribution in [-0.4, -0.2) is 23.5 Å². The van der Waals surface area contributed by atoms with Gasteiger partial charge in [0.2, 0.25) is 0 Å². The number of benzene rings is 2. The van der Waals surface area contributed by atoms with E-state index < -0.39 is 18.5 Å². The Balaban J connectivity index is 1.53. The Labute approximate surface area is 174 Å². The van der Waals surface area contributed by atoms with E-state index in [-0.39, 0.29) is 0 Å². The quantitative estimate of drug-likeness (QED) is 0.430. The van der Waals surface area contributed by atoms with Crippen molar-refractivity contribution in [2.24, 2.45) is 0 Å². The van der Waals surface area contributed by atoms with Crippen molar-refractivity contribution in [3.63, 3.8) is 0 Å². The van der Waals surface area contributed by atoms with Crippen LogP contribution in [0, 0.1) is 0 Å². The minimum Gasteiger partial charge on any atom is -0.463 e. The van der Waals surface area contributed by atoms with E-state index in [1.165, 1.54) is 6.26 Å². The number of furan rings is 1. The van der Waals surface area contributed by atoms with Gasteiger partial charge in [0.05, 0.1) is 17.3 Å². The Morgan fingerprint density at radius 3 is 2.59 bits per heavy atom. The van der Waals surface area contributed by atoms with Crippen molar-refractivity contribution in [2.75, 3.05) is 11.9 Å². The maximum Gasteiger partial charge on any atom is 0.339 e. The molecule has 0 fully saturated rings. The van der Waals surface area contributed by atoms with Gasteiger partial charge in [-0.25, -0.2) is 9.78 Å². The number of aromatic nitrogens is 1. The van der Waals surface area contributed by atoms with Gasteiger partial charge in [0.15, 0.2) is 12.4 Å². The molecule has 7 heteroatoms. The molecule has 0 radical (unpaired) electrons. The predicted molar refractivity (Wildman–Crippen MR) is 112 cm³/mol. The van der Waals surface area contributed by atoms with Crippen LogP contribution < -0.4 is 5.32 Å². The van der Waals surface area contributed by atoms with Crippen LogP contribution in [0.4, 0.5) is 5.69 Å². The third kappa shape index (κ3) is 4.35. The molecule has 0 bridgehead atoms. The number of nitrogens with one attached hydrogen (secondary N) is 1.